The van der Waals surface area contributed by atoms with E-state index in [2.05, 4.69) is 0 Å². The number of ether oxygens (including phenoxy) is 1. The average Bonchev–Trinajstić information content (AvgIpc) is 2.27. The summed E-state index contributed by atoms with van der Waals surface area (Å²) in [7, 11) is 1.47. The zero-order valence-corrected chi connectivity index (χ0v) is 12.2. The number of hydrogen-bond donors (Lipinski definition) is 2. The summed E-state index contributed by atoms with van der Waals surface area (Å²) in [5.74, 6) is -0.198. The van der Waals surface area contributed by atoms with E-state index in [1.54, 1.807) is 19.9 Å². The Morgan fingerprint density at radius 3 is 2.37 bits per heavy atom. The van der Waals surface area contributed by atoms with E-state index in [1.165, 1.54) is 7.11 Å². The van der Waals surface area contributed by atoms with E-state index < -0.39 is 11.4 Å². The predicted molar refractivity (Wildman–Crippen MR) is 73.9 cm³/mol. The number of methoxy groups -OCH3 is 1. The van der Waals surface area contributed by atoms with Crippen molar-refractivity contribution in [3.05, 3.63) is 23.3 Å². The first-order valence-electron chi connectivity index (χ1n) is 6.32. The van der Waals surface area contributed by atoms with Crippen molar-refractivity contribution in [1.29, 1.82) is 0 Å². The number of carbonyl (C=O) groups is 1. The Balaban J connectivity index is 3.28. The van der Waals surface area contributed by atoms with Gasteiger partial charge in [-0.25, -0.2) is 0 Å². The molecule has 1 aromatic rings. The molecule has 0 aliphatic rings. The van der Waals surface area contributed by atoms with Gasteiger partial charge in [-0.1, -0.05) is 19.9 Å². The van der Waals surface area contributed by atoms with Crippen LogP contribution in [0.4, 0.5) is 0 Å². The third-order valence-corrected chi connectivity index (χ3v) is 3.25. The Morgan fingerprint density at radius 1 is 1.37 bits per heavy atom. The fraction of sp³-hybridized carbons (Fsp3) is 0.533. The van der Waals surface area contributed by atoms with Crippen molar-refractivity contribution in [2.75, 3.05) is 7.11 Å². The lowest BCUT2D eigenvalue weighted by Crippen LogP contribution is -2.26. The molecule has 106 valence electrons. The van der Waals surface area contributed by atoms with Crippen molar-refractivity contribution in [2.24, 2.45) is 5.41 Å². The first-order chi connectivity index (χ1) is 8.69. The van der Waals surface area contributed by atoms with Gasteiger partial charge in [0.2, 0.25) is 0 Å². The number of phenols is 1. The van der Waals surface area contributed by atoms with E-state index in [4.69, 9.17) is 4.74 Å². The SMILES string of the molecule is COc1c(O)cc(C(C)C)cc1CC(C)(C)C(=O)O. The normalized spacial score (nSPS) is 11.7. The smallest absolute Gasteiger partial charge is 0.309 e. The van der Waals surface area contributed by atoms with Crippen LogP contribution in [0.2, 0.25) is 0 Å². The molecular weight excluding hydrogens is 244 g/mol. The molecular formula is C15H22O4. The van der Waals surface area contributed by atoms with Crippen LogP contribution in [0.1, 0.15) is 44.7 Å². The number of rotatable bonds is 5. The summed E-state index contributed by atoms with van der Waals surface area (Å²) >= 11 is 0. The number of carboxylic acid groups (broad SMARTS) is 1. The molecule has 2 N–H and O–H groups in total. The molecule has 0 saturated heterocycles. The van der Waals surface area contributed by atoms with E-state index in [-0.39, 0.29) is 11.7 Å². The van der Waals surface area contributed by atoms with Crippen molar-refractivity contribution < 1.29 is 19.7 Å². The molecule has 0 atom stereocenters. The fourth-order valence-corrected chi connectivity index (χ4v) is 1.95. The molecule has 0 aliphatic heterocycles. The molecule has 0 aliphatic carbocycles. The maximum Gasteiger partial charge on any atom is 0.309 e. The summed E-state index contributed by atoms with van der Waals surface area (Å²) in [6.07, 6.45) is 0.305. The molecule has 0 unspecified atom stereocenters. The lowest BCUT2D eigenvalue weighted by atomic mass is 9.84. The van der Waals surface area contributed by atoms with Gasteiger partial charge in [-0.2, -0.15) is 0 Å². The first kappa shape index (κ1) is 15.3. The topological polar surface area (TPSA) is 66.8 Å². The highest BCUT2D eigenvalue weighted by molar-refractivity contribution is 5.74. The molecule has 4 nitrogen and oxygen atoms in total. The molecule has 1 aromatic carbocycles. The summed E-state index contributed by atoms with van der Waals surface area (Å²) < 4.78 is 5.19. The van der Waals surface area contributed by atoms with Crippen LogP contribution in [0.3, 0.4) is 0 Å². The molecule has 0 heterocycles. The molecule has 0 saturated carbocycles. The second kappa shape index (κ2) is 5.51. The number of benzene rings is 1. The summed E-state index contributed by atoms with van der Waals surface area (Å²) in [5.41, 5.74) is 0.781. The number of phenolic OH excluding ortho intramolecular Hbond substituents is 1. The van der Waals surface area contributed by atoms with Crippen LogP contribution >= 0.6 is 0 Å². The molecule has 4 heteroatoms. The van der Waals surface area contributed by atoms with Crippen molar-refractivity contribution in [1.82, 2.24) is 0 Å². The van der Waals surface area contributed by atoms with Gasteiger partial charge in [0.1, 0.15) is 0 Å². The van der Waals surface area contributed by atoms with E-state index >= 15 is 0 Å². The molecule has 0 bridgehead atoms. The summed E-state index contributed by atoms with van der Waals surface area (Å²) in [6.45, 7) is 7.36. The average molecular weight is 266 g/mol. The maximum absolute atomic E-state index is 11.2. The molecule has 19 heavy (non-hydrogen) atoms. The quantitative estimate of drug-likeness (QED) is 0.859. The van der Waals surface area contributed by atoms with Crippen LogP contribution in [-0.4, -0.2) is 23.3 Å². The predicted octanol–water partition coefficient (Wildman–Crippen LogP) is 3.18. The highest BCUT2D eigenvalue weighted by Gasteiger charge is 2.29. The monoisotopic (exact) mass is 266 g/mol. The maximum atomic E-state index is 11.2. The molecule has 0 fully saturated rings. The first-order valence-corrected chi connectivity index (χ1v) is 6.32. The molecule has 0 spiro atoms. The van der Waals surface area contributed by atoms with Gasteiger partial charge in [0.05, 0.1) is 12.5 Å². The fourth-order valence-electron chi connectivity index (χ4n) is 1.95. The molecule has 1 rings (SSSR count). The van der Waals surface area contributed by atoms with Crippen molar-refractivity contribution in [2.45, 2.75) is 40.0 Å². The van der Waals surface area contributed by atoms with Crippen LogP contribution in [0.5, 0.6) is 11.5 Å². The number of aromatic hydroxyl groups is 1. The second-order valence-corrected chi connectivity index (χ2v) is 5.75. The number of carboxylic acids is 1. The number of hydrogen-bond acceptors (Lipinski definition) is 3. The van der Waals surface area contributed by atoms with Gasteiger partial charge in [0.15, 0.2) is 11.5 Å². The van der Waals surface area contributed by atoms with Crippen LogP contribution < -0.4 is 4.74 Å². The Hall–Kier alpha value is -1.71. The minimum absolute atomic E-state index is 0.0601. The Bertz CT molecular complexity index is 475. The Labute approximate surface area is 114 Å². The van der Waals surface area contributed by atoms with Crippen molar-refractivity contribution in [3.63, 3.8) is 0 Å². The third-order valence-electron chi connectivity index (χ3n) is 3.25. The van der Waals surface area contributed by atoms with Crippen LogP contribution in [0, 0.1) is 5.41 Å². The van der Waals surface area contributed by atoms with Gasteiger partial charge in [-0.15, -0.1) is 0 Å². The van der Waals surface area contributed by atoms with Crippen molar-refractivity contribution >= 4 is 5.97 Å². The van der Waals surface area contributed by atoms with Crippen LogP contribution in [-0.2, 0) is 11.2 Å². The van der Waals surface area contributed by atoms with Crippen LogP contribution in [0.15, 0.2) is 12.1 Å². The Kier molecular flexibility index (Phi) is 4.45. The van der Waals surface area contributed by atoms with Crippen LogP contribution in [0.25, 0.3) is 0 Å². The lowest BCUT2D eigenvalue weighted by molar-refractivity contribution is -0.146. The number of aliphatic carboxylic acids is 1. The minimum Gasteiger partial charge on any atom is -0.504 e. The molecule has 0 radical (unpaired) electrons. The Morgan fingerprint density at radius 2 is 1.95 bits per heavy atom. The highest BCUT2D eigenvalue weighted by Crippen LogP contribution is 2.37. The lowest BCUT2D eigenvalue weighted by Gasteiger charge is -2.22. The van der Waals surface area contributed by atoms with Gasteiger partial charge in [0.25, 0.3) is 0 Å². The van der Waals surface area contributed by atoms with E-state index in [0.29, 0.717) is 12.2 Å². The van der Waals surface area contributed by atoms with Gasteiger partial charge in [0, 0.05) is 0 Å². The zero-order valence-electron chi connectivity index (χ0n) is 12.2. The standard InChI is InChI=1S/C15H22O4/c1-9(2)10-6-11(8-15(3,4)14(17)18)13(19-5)12(16)7-10/h6-7,9,16H,8H2,1-5H3,(H,17,18). The molecule has 0 amide bonds. The second-order valence-electron chi connectivity index (χ2n) is 5.75. The van der Waals surface area contributed by atoms with Gasteiger partial charge in [-0.3, -0.25) is 4.79 Å². The summed E-state index contributed by atoms with van der Waals surface area (Å²) in [6, 6.07) is 3.58. The van der Waals surface area contributed by atoms with E-state index in [0.717, 1.165) is 11.1 Å². The largest absolute Gasteiger partial charge is 0.504 e. The zero-order chi connectivity index (χ0) is 14.8. The third kappa shape index (κ3) is 3.40. The van der Waals surface area contributed by atoms with E-state index in [9.17, 15) is 15.0 Å². The minimum atomic E-state index is -0.907. The summed E-state index contributed by atoms with van der Waals surface area (Å²) in [4.78, 5) is 11.2. The van der Waals surface area contributed by atoms with Gasteiger partial charge < -0.3 is 14.9 Å². The van der Waals surface area contributed by atoms with Crippen molar-refractivity contribution in [3.8, 4) is 11.5 Å². The van der Waals surface area contributed by atoms with E-state index in [1.807, 2.05) is 19.9 Å². The van der Waals surface area contributed by atoms with Gasteiger partial charge in [-0.05, 0) is 43.4 Å². The summed E-state index contributed by atoms with van der Waals surface area (Å²) in [5, 5.41) is 19.2. The van der Waals surface area contributed by atoms with Gasteiger partial charge >= 0.3 is 5.97 Å². The highest BCUT2D eigenvalue weighted by atomic mass is 16.5. The molecule has 0 aromatic heterocycles.